The van der Waals surface area contributed by atoms with Gasteiger partial charge in [0, 0.05) is 6.07 Å². The molecule has 0 aromatic heterocycles. The first-order valence-corrected chi connectivity index (χ1v) is 7.96. The van der Waals surface area contributed by atoms with E-state index in [0.717, 1.165) is 0 Å². The lowest BCUT2D eigenvalue weighted by Gasteiger charge is -2.07. The van der Waals surface area contributed by atoms with Crippen LogP contribution in [0.1, 0.15) is 11.1 Å². The van der Waals surface area contributed by atoms with Gasteiger partial charge in [0.1, 0.15) is 0 Å². The molecule has 142 valence electrons. The molecule has 0 unspecified atom stereocenters. The number of phenolic OH excluding ortho intramolecular Hbond substituents is 1. The number of hydrazone groups is 1. The second-order valence-electron chi connectivity index (χ2n) is 5.36. The topological polar surface area (TPSA) is 123 Å². The smallest absolute Gasteiger partial charge is 0.311 e. The third-order valence-corrected chi connectivity index (χ3v) is 3.63. The van der Waals surface area contributed by atoms with E-state index in [9.17, 15) is 20.0 Å². The number of nitro benzene ring substituents is 1. The largest absolute Gasteiger partial charge is 0.503 e. The van der Waals surface area contributed by atoms with Crippen LogP contribution in [0.15, 0.2) is 35.4 Å². The molecule has 0 aliphatic carbocycles. The first kappa shape index (κ1) is 20.0. The minimum atomic E-state index is -0.613. The van der Waals surface area contributed by atoms with Crippen LogP contribution in [-0.2, 0) is 4.79 Å². The number of nitrogens with zero attached hydrogens (tertiary/aromatic N) is 2. The number of phenols is 1. The Morgan fingerprint density at radius 1 is 1.37 bits per heavy atom. The van der Waals surface area contributed by atoms with Crippen molar-refractivity contribution in [3.63, 3.8) is 0 Å². The summed E-state index contributed by atoms with van der Waals surface area (Å²) >= 11 is 5.85. The molecule has 10 heteroatoms. The number of amides is 1. The number of nitro groups is 1. The number of halogens is 1. The molecule has 2 rings (SSSR count). The zero-order valence-electron chi connectivity index (χ0n) is 14.4. The Bertz CT molecular complexity index is 900. The summed E-state index contributed by atoms with van der Waals surface area (Å²) in [6, 6.07) is 7.33. The van der Waals surface area contributed by atoms with E-state index in [1.807, 2.05) is 0 Å². The summed E-state index contributed by atoms with van der Waals surface area (Å²) in [7, 11) is 1.37. The molecule has 0 spiro atoms. The molecule has 0 bridgehead atoms. The zero-order chi connectivity index (χ0) is 20.0. The van der Waals surface area contributed by atoms with Gasteiger partial charge in [-0.2, -0.15) is 5.10 Å². The molecule has 1 amide bonds. The molecule has 0 saturated heterocycles. The van der Waals surface area contributed by atoms with Crippen LogP contribution in [0.25, 0.3) is 0 Å². The van der Waals surface area contributed by atoms with E-state index in [1.54, 1.807) is 13.0 Å². The quantitative estimate of drug-likeness (QED) is 0.423. The molecule has 0 aliphatic rings. The van der Waals surface area contributed by atoms with Gasteiger partial charge in [-0.05, 0) is 36.2 Å². The monoisotopic (exact) mass is 393 g/mol. The lowest BCUT2D eigenvalue weighted by Crippen LogP contribution is -2.24. The number of hydrogen-bond acceptors (Lipinski definition) is 7. The Kier molecular flexibility index (Phi) is 6.56. The van der Waals surface area contributed by atoms with E-state index in [4.69, 9.17) is 21.1 Å². The molecule has 0 atom stereocenters. The average molecular weight is 394 g/mol. The van der Waals surface area contributed by atoms with Crippen LogP contribution in [-0.4, -0.2) is 35.9 Å². The maximum Gasteiger partial charge on any atom is 0.311 e. The van der Waals surface area contributed by atoms with E-state index in [2.05, 4.69) is 10.5 Å². The van der Waals surface area contributed by atoms with Crippen molar-refractivity contribution in [1.29, 1.82) is 0 Å². The van der Waals surface area contributed by atoms with Crippen LogP contribution in [0.3, 0.4) is 0 Å². The molecule has 0 saturated carbocycles. The molecule has 0 fully saturated rings. The summed E-state index contributed by atoms with van der Waals surface area (Å²) in [5.41, 5.74) is 3.17. The van der Waals surface area contributed by atoms with Gasteiger partial charge in [0.05, 0.1) is 23.3 Å². The molecule has 0 radical (unpaired) electrons. The third-order valence-electron chi connectivity index (χ3n) is 3.34. The Hall–Kier alpha value is -3.33. The number of aromatic hydroxyl groups is 1. The first-order valence-electron chi connectivity index (χ1n) is 7.58. The minimum Gasteiger partial charge on any atom is -0.503 e. The highest BCUT2D eigenvalue weighted by atomic mass is 35.5. The van der Waals surface area contributed by atoms with Crippen molar-refractivity contribution >= 4 is 29.4 Å². The number of rotatable bonds is 7. The van der Waals surface area contributed by atoms with Crippen molar-refractivity contribution in [3.05, 3.63) is 56.6 Å². The van der Waals surface area contributed by atoms with Crippen LogP contribution in [0, 0.1) is 17.0 Å². The summed E-state index contributed by atoms with van der Waals surface area (Å²) in [6.45, 7) is 1.25. The van der Waals surface area contributed by atoms with Gasteiger partial charge in [-0.3, -0.25) is 14.9 Å². The van der Waals surface area contributed by atoms with Gasteiger partial charge >= 0.3 is 5.69 Å². The normalized spacial score (nSPS) is 10.6. The molecule has 2 aromatic rings. The fourth-order valence-corrected chi connectivity index (χ4v) is 2.29. The predicted molar refractivity (Wildman–Crippen MR) is 98.7 cm³/mol. The average Bonchev–Trinajstić information content (AvgIpc) is 2.63. The Labute approximate surface area is 159 Å². The Morgan fingerprint density at radius 3 is 2.78 bits per heavy atom. The van der Waals surface area contributed by atoms with Gasteiger partial charge in [0.25, 0.3) is 5.91 Å². The molecule has 0 aliphatic heterocycles. The van der Waals surface area contributed by atoms with Crippen LogP contribution in [0.4, 0.5) is 5.69 Å². The minimum absolute atomic E-state index is 0.0141. The van der Waals surface area contributed by atoms with Gasteiger partial charge < -0.3 is 14.6 Å². The Balaban J connectivity index is 1.97. The van der Waals surface area contributed by atoms with Gasteiger partial charge in [-0.15, -0.1) is 0 Å². The van der Waals surface area contributed by atoms with E-state index in [-0.39, 0.29) is 28.0 Å². The number of hydrogen-bond donors (Lipinski definition) is 2. The van der Waals surface area contributed by atoms with Crippen LogP contribution in [0.2, 0.25) is 5.02 Å². The number of carbonyl (C=O) groups excluding carboxylic acids is 1. The van der Waals surface area contributed by atoms with Crippen molar-refractivity contribution in [2.24, 2.45) is 5.10 Å². The standard InChI is InChI=1S/C17H16ClN3O6/c1-10-3-4-14(13(5-10)21(24)25)27-9-16(22)20-19-8-11-6-12(18)17(23)15(7-11)26-2/h3-8,23H,9H2,1-2H3,(H,20,22). The summed E-state index contributed by atoms with van der Waals surface area (Å²) in [5, 5.41) is 24.5. The molecule has 0 heterocycles. The molecule has 2 aromatic carbocycles. The van der Waals surface area contributed by atoms with Gasteiger partial charge in [0.2, 0.25) is 0 Å². The summed E-state index contributed by atoms with van der Waals surface area (Å²) in [5.74, 6) is -0.670. The van der Waals surface area contributed by atoms with E-state index in [1.165, 1.54) is 37.6 Å². The van der Waals surface area contributed by atoms with Crippen molar-refractivity contribution < 1.29 is 24.3 Å². The predicted octanol–water partition coefficient (Wildman–Crippen LogP) is 2.80. The van der Waals surface area contributed by atoms with Crippen molar-refractivity contribution in [3.8, 4) is 17.2 Å². The highest BCUT2D eigenvalue weighted by Crippen LogP contribution is 2.34. The van der Waals surface area contributed by atoms with E-state index >= 15 is 0 Å². The second kappa shape index (κ2) is 8.86. The molecular weight excluding hydrogens is 378 g/mol. The van der Waals surface area contributed by atoms with Crippen molar-refractivity contribution in [2.45, 2.75) is 6.92 Å². The van der Waals surface area contributed by atoms with Crippen LogP contribution < -0.4 is 14.9 Å². The number of methoxy groups -OCH3 is 1. The van der Waals surface area contributed by atoms with Gasteiger partial charge in [-0.25, -0.2) is 5.43 Å². The lowest BCUT2D eigenvalue weighted by molar-refractivity contribution is -0.385. The number of benzene rings is 2. The fraction of sp³-hybridized carbons (Fsp3) is 0.176. The maximum atomic E-state index is 11.8. The summed E-state index contributed by atoms with van der Waals surface area (Å²) in [6.07, 6.45) is 1.29. The van der Waals surface area contributed by atoms with Crippen molar-refractivity contribution in [2.75, 3.05) is 13.7 Å². The van der Waals surface area contributed by atoms with Crippen molar-refractivity contribution in [1.82, 2.24) is 5.43 Å². The number of ether oxygens (including phenoxy) is 2. The summed E-state index contributed by atoms with van der Waals surface area (Å²) < 4.78 is 10.1. The summed E-state index contributed by atoms with van der Waals surface area (Å²) in [4.78, 5) is 22.2. The van der Waals surface area contributed by atoms with E-state index < -0.39 is 17.4 Å². The van der Waals surface area contributed by atoms with Crippen LogP contribution >= 0.6 is 11.6 Å². The fourth-order valence-electron chi connectivity index (χ4n) is 2.07. The highest BCUT2D eigenvalue weighted by Gasteiger charge is 2.16. The molecular formula is C17H16ClN3O6. The van der Waals surface area contributed by atoms with Gasteiger partial charge in [-0.1, -0.05) is 17.7 Å². The lowest BCUT2D eigenvalue weighted by atomic mass is 10.2. The highest BCUT2D eigenvalue weighted by molar-refractivity contribution is 6.32. The van der Waals surface area contributed by atoms with Gasteiger partial charge in [0.15, 0.2) is 23.9 Å². The Morgan fingerprint density at radius 2 is 2.11 bits per heavy atom. The molecule has 27 heavy (non-hydrogen) atoms. The van der Waals surface area contributed by atoms with E-state index in [0.29, 0.717) is 11.1 Å². The molecule has 2 N–H and O–H groups in total. The van der Waals surface area contributed by atoms with Crippen LogP contribution in [0.5, 0.6) is 17.2 Å². The maximum absolute atomic E-state index is 11.8. The second-order valence-corrected chi connectivity index (χ2v) is 5.77. The zero-order valence-corrected chi connectivity index (χ0v) is 15.2. The molecule has 9 nitrogen and oxygen atoms in total. The number of nitrogens with one attached hydrogen (secondary N) is 1. The first-order chi connectivity index (χ1) is 12.8. The SMILES string of the molecule is COc1cc(C=NNC(=O)COc2ccc(C)cc2[N+](=O)[O-])cc(Cl)c1O. The third kappa shape index (κ3) is 5.32. The number of carbonyl (C=O) groups is 1. The number of aryl methyl sites for hydroxylation is 1.